The summed E-state index contributed by atoms with van der Waals surface area (Å²) in [6, 6.07) is 2.83. The Morgan fingerprint density at radius 1 is 1.29 bits per heavy atom. The van der Waals surface area contributed by atoms with Gasteiger partial charge in [0.25, 0.3) is 0 Å². The van der Waals surface area contributed by atoms with Gasteiger partial charge in [-0.3, -0.25) is 0 Å². The zero-order valence-corrected chi connectivity index (χ0v) is 13.3. The van der Waals surface area contributed by atoms with Gasteiger partial charge in [0.15, 0.2) is 0 Å². The van der Waals surface area contributed by atoms with Gasteiger partial charge < -0.3 is 5.11 Å². The van der Waals surface area contributed by atoms with E-state index in [0.717, 1.165) is 0 Å². The standard InChI is InChI=1S/C14H14BrClF4O/c15-10-5-4-9(12(17)11(10)16)13(21)7-2-1-3-8(6-7)14(18,19)20/h4-5,7-8,13,21H,1-3,6H2. The molecule has 0 aromatic heterocycles. The molecule has 1 nitrogen and oxygen atoms in total. The molecule has 0 aliphatic heterocycles. The number of aliphatic hydroxyl groups is 1. The molecular formula is C14H14BrClF4O. The Morgan fingerprint density at radius 2 is 1.95 bits per heavy atom. The maximum atomic E-state index is 14.1. The first-order valence-corrected chi connectivity index (χ1v) is 7.77. The van der Waals surface area contributed by atoms with Crippen molar-refractivity contribution in [3.63, 3.8) is 0 Å². The average molecular weight is 390 g/mol. The van der Waals surface area contributed by atoms with Crippen molar-refractivity contribution >= 4 is 27.5 Å². The van der Waals surface area contributed by atoms with E-state index in [1.807, 2.05) is 0 Å². The van der Waals surface area contributed by atoms with Crippen LogP contribution in [-0.2, 0) is 0 Å². The number of hydrogen-bond acceptors (Lipinski definition) is 1. The van der Waals surface area contributed by atoms with Gasteiger partial charge in [-0.2, -0.15) is 13.2 Å². The van der Waals surface area contributed by atoms with Crippen LogP contribution in [-0.4, -0.2) is 11.3 Å². The van der Waals surface area contributed by atoms with Crippen molar-refractivity contribution < 1.29 is 22.7 Å². The molecule has 3 unspecified atom stereocenters. The van der Waals surface area contributed by atoms with Crippen LogP contribution < -0.4 is 0 Å². The van der Waals surface area contributed by atoms with E-state index < -0.39 is 29.9 Å². The van der Waals surface area contributed by atoms with Crippen LogP contribution in [0.25, 0.3) is 0 Å². The number of benzene rings is 1. The number of alkyl halides is 3. The molecule has 1 aliphatic carbocycles. The number of hydrogen-bond donors (Lipinski definition) is 1. The molecule has 0 amide bonds. The summed E-state index contributed by atoms with van der Waals surface area (Å²) < 4.78 is 52.8. The van der Waals surface area contributed by atoms with Crippen molar-refractivity contribution in [2.75, 3.05) is 0 Å². The number of halogens is 6. The molecule has 7 heteroatoms. The minimum Gasteiger partial charge on any atom is -0.388 e. The quantitative estimate of drug-likeness (QED) is 0.512. The molecule has 0 heterocycles. The van der Waals surface area contributed by atoms with Crippen molar-refractivity contribution in [3.8, 4) is 0 Å². The van der Waals surface area contributed by atoms with Crippen LogP contribution in [0, 0.1) is 17.7 Å². The maximum Gasteiger partial charge on any atom is 0.391 e. The lowest BCUT2D eigenvalue weighted by Crippen LogP contribution is -2.31. The van der Waals surface area contributed by atoms with Gasteiger partial charge in [-0.05, 0) is 47.2 Å². The fraction of sp³-hybridized carbons (Fsp3) is 0.571. The largest absolute Gasteiger partial charge is 0.391 e. The van der Waals surface area contributed by atoms with Crippen LogP contribution in [0.4, 0.5) is 17.6 Å². The summed E-state index contributed by atoms with van der Waals surface area (Å²) in [7, 11) is 0. The van der Waals surface area contributed by atoms with Crippen molar-refractivity contribution in [1.82, 2.24) is 0 Å². The Kier molecular flexibility index (Phi) is 5.21. The summed E-state index contributed by atoms with van der Waals surface area (Å²) in [6.45, 7) is 0. The van der Waals surface area contributed by atoms with Crippen molar-refractivity contribution in [3.05, 3.63) is 33.0 Å². The third-order valence-corrected chi connectivity index (χ3v) is 5.27. The Balaban J connectivity index is 2.20. The molecule has 1 aliphatic rings. The predicted octanol–water partition coefficient (Wildman–Crippen LogP) is 5.64. The van der Waals surface area contributed by atoms with E-state index in [1.54, 1.807) is 0 Å². The van der Waals surface area contributed by atoms with Crippen molar-refractivity contribution in [1.29, 1.82) is 0 Å². The number of rotatable bonds is 2. The summed E-state index contributed by atoms with van der Waals surface area (Å²) in [4.78, 5) is 0. The lowest BCUT2D eigenvalue weighted by Gasteiger charge is -2.33. The van der Waals surface area contributed by atoms with Crippen LogP contribution >= 0.6 is 27.5 Å². The van der Waals surface area contributed by atoms with Crippen LogP contribution in [0.1, 0.15) is 37.4 Å². The van der Waals surface area contributed by atoms with Gasteiger partial charge in [0, 0.05) is 10.0 Å². The predicted molar refractivity (Wildman–Crippen MR) is 75.6 cm³/mol. The van der Waals surface area contributed by atoms with E-state index in [0.29, 0.717) is 17.3 Å². The summed E-state index contributed by atoms with van der Waals surface area (Å²) >= 11 is 8.81. The minimum absolute atomic E-state index is 0.0453. The van der Waals surface area contributed by atoms with Crippen LogP contribution in [0.5, 0.6) is 0 Å². The SMILES string of the molecule is OC(c1ccc(Br)c(Cl)c1F)C1CCCC(C(F)(F)F)C1. The lowest BCUT2D eigenvalue weighted by atomic mass is 9.77. The normalized spacial score (nSPS) is 24.9. The zero-order valence-electron chi connectivity index (χ0n) is 10.9. The second-order valence-corrected chi connectivity index (χ2v) is 6.61. The Labute approximate surface area is 133 Å². The zero-order chi connectivity index (χ0) is 15.8. The molecular weight excluding hydrogens is 376 g/mol. The van der Waals surface area contributed by atoms with Gasteiger partial charge in [0.1, 0.15) is 5.82 Å². The van der Waals surface area contributed by atoms with Crippen molar-refractivity contribution in [2.24, 2.45) is 11.8 Å². The van der Waals surface area contributed by atoms with Gasteiger partial charge in [-0.25, -0.2) is 4.39 Å². The molecule has 0 saturated heterocycles. The summed E-state index contributed by atoms with van der Waals surface area (Å²) in [6.07, 6.45) is -4.85. The van der Waals surface area contributed by atoms with E-state index in [9.17, 15) is 22.7 Å². The maximum absolute atomic E-state index is 14.1. The average Bonchev–Trinajstić information content (AvgIpc) is 2.43. The molecule has 1 saturated carbocycles. The number of aliphatic hydroxyl groups excluding tert-OH is 1. The molecule has 0 spiro atoms. The highest BCUT2D eigenvalue weighted by Gasteiger charge is 2.43. The summed E-state index contributed by atoms with van der Waals surface area (Å²) in [5, 5.41) is 10.1. The van der Waals surface area contributed by atoms with Gasteiger partial charge in [-0.1, -0.05) is 24.1 Å². The molecule has 1 N–H and O–H groups in total. The van der Waals surface area contributed by atoms with Gasteiger partial charge in [-0.15, -0.1) is 0 Å². The third kappa shape index (κ3) is 3.71. The van der Waals surface area contributed by atoms with Crippen LogP contribution in [0.3, 0.4) is 0 Å². The van der Waals surface area contributed by atoms with Crippen LogP contribution in [0.2, 0.25) is 5.02 Å². The highest BCUT2D eigenvalue weighted by atomic mass is 79.9. The lowest BCUT2D eigenvalue weighted by molar-refractivity contribution is -0.189. The molecule has 0 bridgehead atoms. The second-order valence-electron chi connectivity index (χ2n) is 5.37. The van der Waals surface area contributed by atoms with E-state index in [4.69, 9.17) is 11.6 Å². The Bertz CT molecular complexity index is 520. The van der Waals surface area contributed by atoms with E-state index in [2.05, 4.69) is 15.9 Å². The highest BCUT2D eigenvalue weighted by Crippen LogP contribution is 2.45. The molecule has 1 fully saturated rings. The molecule has 2 rings (SSSR count). The topological polar surface area (TPSA) is 20.2 Å². The van der Waals surface area contributed by atoms with Gasteiger partial charge >= 0.3 is 6.18 Å². The smallest absolute Gasteiger partial charge is 0.388 e. The molecule has 0 radical (unpaired) electrons. The van der Waals surface area contributed by atoms with E-state index in [1.165, 1.54) is 12.1 Å². The highest BCUT2D eigenvalue weighted by molar-refractivity contribution is 9.10. The fourth-order valence-corrected chi connectivity index (χ4v) is 3.31. The fourth-order valence-electron chi connectivity index (χ4n) is 2.83. The Morgan fingerprint density at radius 3 is 2.57 bits per heavy atom. The first-order valence-electron chi connectivity index (χ1n) is 6.60. The van der Waals surface area contributed by atoms with E-state index in [-0.39, 0.29) is 23.4 Å². The van der Waals surface area contributed by atoms with Gasteiger partial charge in [0.05, 0.1) is 17.0 Å². The third-order valence-electron chi connectivity index (χ3n) is 4.01. The van der Waals surface area contributed by atoms with E-state index >= 15 is 0 Å². The second kappa shape index (κ2) is 6.42. The molecule has 3 atom stereocenters. The first kappa shape index (κ1) is 17.0. The molecule has 21 heavy (non-hydrogen) atoms. The Hall–Kier alpha value is -0.330. The molecule has 1 aromatic rings. The van der Waals surface area contributed by atoms with Gasteiger partial charge in [0.2, 0.25) is 0 Å². The first-order chi connectivity index (χ1) is 9.71. The van der Waals surface area contributed by atoms with Crippen molar-refractivity contribution in [2.45, 2.75) is 38.0 Å². The summed E-state index contributed by atoms with van der Waals surface area (Å²) in [5.74, 6) is -2.83. The molecule has 118 valence electrons. The summed E-state index contributed by atoms with van der Waals surface area (Å²) in [5.41, 5.74) is -0.0453. The monoisotopic (exact) mass is 388 g/mol. The van der Waals surface area contributed by atoms with Crippen LogP contribution in [0.15, 0.2) is 16.6 Å². The minimum atomic E-state index is -4.27. The molecule has 1 aromatic carbocycles.